The number of thiophene rings is 1. The van der Waals surface area contributed by atoms with Crippen LogP contribution in [0.4, 0.5) is 11.5 Å². The summed E-state index contributed by atoms with van der Waals surface area (Å²) in [5.74, 6) is 1.69. The predicted octanol–water partition coefficient (Wildman–Crippen LogP) is 4.55. The molecule has 29 heavy (non-hydrogen) atoms. The molecule has 0 amide bonds. The first-order chi connectivity index (χ1) is 14.2. The van der Waals surface area contributed by atoms with Crippen LogP contribution in [0.15, 0.2) is 35.1 Å². The normalized spacial score (nSPS) is 20.7. The minimum atomic E-state index is 0.758. The average Bonchev–Trinajstić information content (AvgIpc) is 3.08. The van der Waals surface area contributed by atoms with E-state index in [1.165, 1.54) is 61.4 Å². The van der Waals surface area contributed by atoms with E-state index in [9.17, 15) is 0 Å². The number of nitrogens with one attached hydrogen (secondary N) is 1. The summed E-state index contributed by atoms with van der Waals surface area (Å²) in [7, 11) is 2.22. The number of hydrogen-bond acceptors (Lipinski definition) is 6. The SMILES string of the molecule is CN1CCN(CC2CCc3c(sc4ncnc(Nc5cccc(Br)c5)c34)C2)CC1. The number of rotatable bonds is 4. The Bertz CT molecular complexity index is 1010. The molecule has 1 aliphatic carbocycles. The van der Waals surface area contributed by atoms with Crippen molar-refractivity contribution >= 4 is 49.0 Å². The van der Waals surface area contributed by atoms with Crippen LogP contribution in [0.2, 0.25) is 0 Å². The van der Waals surface area contributed by atoms with Gasteiger partial charge < -0.3 is 15.1 Å². The molecule has 2 aliphatic rings. The van der Waals surface area contributed by atoms with E-state index in [1.807, 2.05) is 23.5 Å². The second-order valence-electron chi connectivity index (χ2n) is 8.25. The molecule has 0 bridgehead atoms. The van der Waals surface area contributed by atoms with E-state index >= 15 is 0 Å². The molecular weight excluding hydrogens is 446 g/mol. The zero-order valence-corrected chi connectivity index (χ0v) is 19.1. The number of piperazine rings is 1. The van der Waals surface area contributed by atoms with Gasteiger partial charge in [-0.25, -0.2) is 9.97 Å². The van der Waals surface area contributed by atoms with E-state index in [-0.39, 0.29) is 0 Å². The van der Waals surface area contributed by atoms with Crippen LogP contribution < -0.4 is 5.32 Å². The summed E-state index contributed by atoms with van der Waals surface area (Å²) >= 11 is 5.42. The molecule has 152 valence electrons. The lowest BCUT2D eigenvalue weighted by Crippen LogP contribution is -2.46. The lowest BCUT2D eigenvalue weighted by molar-refractivity contribution is 0.132. The standard InChI is InChI=1S/C22H26BrN5S/c1-27-7-9-28(10-8-27)13-15-5-6-18-19(11-15)29-22-20(18)21(24-14-25-22)26-17-4-2-3-16(23)12-17/h2-4,12,14-15H,5-11,13H2,1H3,(H,24,25,26). The van der Waals surface area contributed by atoms with Crippen molar-refractivity contribution in [2.75, 3.05) is 45.1 Å². The molecule has 1 saturated heterocycles. The molecule has 0 saturated carbocycles. The third-order valence-corrected chi connectivity index (χ3v) is 7.80. The molecule has 0 spiro atoms. The van der Waals surface area contributed by atoms with Gasteiger partial charge in [0.1, 0.15) is 17.0 Å². The van der Waals surface area contributed by atoms with Gasteiger partial charge in [-0.1, -0.05) is 22.0 Å². The van der Waals surface area contributed by atoms with Crippen LogP contribution in [0, 0.1) is 5.92 Å². The minimum Gasteiger partial charge on any atom is -0.340 e. The lowest BCUT2D eigenvalue weighted by atomic mass is 9.87. The van der Waals surface area contributed by atoms with Gasteiger partial charge in [0.05, 0.1) is 5.39 Å². The van der Waals surface area contributed by atoms with Gasteiger partial charge in [0.25, 0.3) is 0 Å². The summed E-state index contributed by atoms with van der Waals surface area (Å²) in [6.07, 6.45) is 5.26. The molecule has 7 heteroatoms. The number of aryl methyl sites for hydroxylation is 1. The molecule has 5 rings (SSSR count). The van der Waals surface area contributed by atoms with Crippen LogP contribution in [0.25, 0.3) is 10.2 Å². The zero-order valence-electron chi connectivity index (χ0n) is 16.7. The Hall–Kier alpha value is -1.54. The third kappa shape index (κ3) is 4.19. The topological polar surface area (TPSA) is 44.3 Å². The zero-order chi connectivity index (χ0) is 19.8. The maximum atomic E-state index is 4.60. The van der Waals surface area contributed by atoms with Crippen molar-refractivity contribution in [3.63, 3.8) is 0 Å². The number of benzene rings is 1. The number of anilines is 2. The van der Waals surface area contributed by atoms with Crippen molar-refractivity contribution in [3.8, 4) is 0 Å². The molecule has 3 heterocycles. The Labute approximate surface area is 184 Å². The second-order valence-corrected chi connectivity index (χ2v) is 10.3. The van der Waals surface area contributed by atoms with Gasteiger partial charge in [0, 0.05) is 47.8 Å². The van der Waals surface area contributed by atoms with Gasteiger partial charge in [-0.2, -0.15) is 0 Å². The van der Waals surface area contributed by atoms with E-state index < -0.39 is 0 Å². The van der Waals surface area contributed by atoms with Crippen molar-refractivity contribution in [2.45, 2.75) is 19.3 Å². The Morgan fingerprint density at radius 3 is 2.90 bits per heavy atom. The van der Waals surface area contributed by atoms with Crippen LogP contribution in [0.1, 0.15) is 16.9 Å². The van der Waals surface area contributed by atoms with Gasteiger partial charge in [-0.3, -0.25) is 0 Å². The monoisotopic (exact) mass is 471 g/mol. The van der Waals surface area contributed by atoms with Gasteiger partial charge in [0.2, 0.25) is 0 Å². The highest BCUT2D eigenvalue weighted by Crippen LogP contribution is 2.40. The number of halogens is 1. The van der Waals surface area contributed by atoms with Crippen LogP contribution in [0.3, 0.4) is 0 Å². The molecule has 5 nitrogen and oxygen atoms in total. The molecule has 1 N–H and O–H groups in total. The smallest absolute Gasteiger partial charge is 0.142 e. The quantitative estimate of drug-likeness (QED) is 0.604. The molecular formula is C22H26BrN5S. The molecule has 1 unspecified atom stereocenters. The molecule has 3 aromatic rings. The molecule has 1 aliphatic heterocycles. The van der Waals surface area contributed by atoms with Crippen LogP contribution in [-0.2, 0) is 12.8 Å². The van der Waals surface area contributed by atoms with E-state index in [0.717, 1.165) is 33.1 Å². The Morgan fingerprint density at radius 1 is 1.21 bits per heavy atom. The van der Waals surface area contributed by atoms with Crippen molar-refractivity contribution in [2.24, 2.45) is 5.92 Å². The summed E-state index contributed by atoms with van der Waals surface area (Å²) in [6, 6.07) is 8.23. The number of fused-ring (bicyclic) bond motifs is 3. The first-order valence-electron chi connectivity index (χ1n) is 10.3. The molecule has 0 radical (unpaired) electrons. The number of hydrogen-bond donors (Lipinski definition) is 1. The maximum Gasteiger partial charge on any atom is 0.142 e. The highest BCUT2D eigenvalue weighted by Gasteiger charge is 2.27. The highest BCUT2D eigenvalue weighted by molar-refractivity contribution is 9.10. The Morgan fingerprint density at radius 2 is 2.07 bits per heavy atom. The summed E-state index contributed by atoms with van der Waals surface area (Å²) in [5, 5.41) is 4.75. The number of nitrogens with zero attached hydrogens (tertiary/aromatic N) is 4. The molecule has 1 aromatic carbocycles. The Balaban J connectivity index is 1.37. The summed E-state index contributed by atoms with van der Waals surface area (Å²) in [5.41, 5.74) is 2.51. The van der Waals surface area contributed by atoms with Crippen molar-refractivity contribution < 1.29 is 0 Å². The first kappa shape index (κ1) is 19.4. The van der Waals surface area contributed by atoms with E-state index in [2.05, 4.69) is 60.2 Å². The fourth-order valence-corrected chi connectivity index (χ4v) is 6.23. The van der Waals surface area contributed by atoms with Gasteiger partial charge >= 0.3 is 0 Å². The van der Waals surface area contributed by atoms with Gasteiger partial charge in [-0.05, 0) is 56.0 Å². The summed E-state index contributed by atoms with van der Waals surface area (Å²) in [4.78, 5) is 16.9. The van der Waals surface area contributed by atoms with Gasteiger partial charge in [0.15, 0.2) is 0 Å². The van der Waals surface area contributed by atoms with Crippen molar-refractivity contribution in [1.82, 2.24) is 19.8 Å². The number of likely N-dealkylation sites (N-methyl/N-ethyl adjacent to an activating group) is 1. The fourth-order valence-electron chi connectivity index (χ4n) is 4.53. The predicted molar refractivity (Wildman–Crippen MR) is 124 cm³/mol. The van der Waals surface area contributed by atoms with E-state index in [1.54, 1.807) is 6.33 Å². The third-order valence-electron chi connectivity index (χ3n) is 6.15. The van der Waals surface area contributed by atoms with Crippen LogP contribution in [0.5, 0.6) is 0 Å². The fraction of sp³-hybridized carbons (Fsp3) is 0.455. The average molecular weight is 472 g/mol. The summed E-state index contributed by atoms with van der Waals surface area (Å²) in [6.45, 7) is 6.04. The highest BCUT2D eigenvalue weighted by atomic mass is 79.9. The minimum absolute atomic E-state index is 0.758. The van der Waals surface area contributed by atoms with E-state index in [0.29, 0.717) is 0 Å². The van der Waals surface area contributed by atoms with E-state index in [4.69, 9.17) is 0 Å². The van der Waals surface area contributed by atoms with Crippen LogP contribution >= 0.6 is 27.3 Å². The van der Waals surface area contributed by atoms with Crippen LogP contribution in [-0.4, -0.2) is 59.5 Å². The summed E-state index contributed by atoms with van der Waals surface area (Å²) < 4.78 is 1.06. The Kier molecular flexibility index (Phi) is 5.56. The van der Waals surface area contributed by atoms with Crippen molar-refractivity contribution in [1.29, 1.82) is 0 Å². The number of aromatic nitrogens is 2. The lowest BCUT2D eigenvalue weighted by Gasteiger charge is -2.35. The largest absolute Gasteiger partial charge is 0.340 e. The van der Waals surface area contributed by atoms with Crippen molar-refractivity contribution in [3.05, 3.63) is 45.5 Å². The first-order valence-corrected chi connectivity index (χ1v) is 12.0. The molecule has 2 aromatic heterocycles. The molecule has 1 atom stereocenters. The van der Waals surface area contributed by atoms with Gasteiger partial charge in [-0.15, -0.1) is 11.3 Å². The second kappa shape index (κ2) is 8.30. The maximum absolute atomic E-state index is 4.60. The molecule has 1 fully saturated rings.